The van der Waals surface area contributed by atoms with Crippen LogP contribution in [0, 0.1) is 0 Å². The van der Waals surface area contributed by atoms with Crippen molar-refractivity contribution in [3.8, 4) is 11.4 Å². The fourth-order valence-corrected chi connectivity index (χ4v) is 1.43. The number of benzene rings is 1. The highest BCUT2D eigenvalue weighted by atomic mass is 15.2. The van der Waals surface area contributed by atoms with Crippen LogP contribution in [0.3, 0.4) is 0 Å². The normalized spacial score (nSPS) is 10.5. The maximum Gasteiger partial charge on any atom is 0.184 e. The molecule has 0 aliphatic heterocycles. The molecule has 16 heavy (non-hydrogen) atoms. The summed E-state index contributed by atoms with van der Waals surface area (Å²) in [5.41, 5.74) is 2.42. The first-order valence-corrected chi connectivity index (χ1v) is 4.80. The van der Waals surface area contributed by atoms with Gasteiger partial charge in [0.05, 0.1) is 17.9 Å². The summed E-state index contributed by atoms with van der Waals surface area (Å²) < 4.78 is 0. The Bertz CT molecular complexity index is 623. The number of nitrogens with zero attached hydrogens (tertiary/aromatic N) is 5. The summed E-state index contributed by atoms with van der Waals surface area (Å²) in [7, 11) is 0. The van der Waals surface area contributed by atoms with Gasteiger partial charge in [0.15, 0.2) is 5.82 Å². The smallest absolute Gasteiger partial charge is 0.184 e. The fraction of sp³-hybridized carbons (Fsp3) is 0. The molecule has 0 fully saturated rings. The average molecular weight is 209 g/mol. The monoisotopic (exact) mass is 209 g/mol. The molecule has 2 aromatic heterocycles. The second kappa shape index (κ2) is 3.62. The van der Waals surface area contributed by atoms with E-state index in [4.69, 9.17) is 0 Å². The van der Waals surface area contributed by atoms with Gasteiger partial charge in [-0.3, -0.25) is 0 Å². The summed E-state index contributed by atoms with van der Waals surface area (Å²) in [6, 6.07) is 9.42. The van der Waals surface area contributed by atoms with Crippen LogP contribution in [0.5, 0.6) is 0 Å². The van der Waals surface area contributed by atoms with E-state index in [1.165, 1.54) is 0 Å². The van der Waals surface area contributed by atoms with Crippen LogP contribution in [-0.4, -0.2) is 25.4 Å². The molecule has 0 saturated heterocycles. The third kappa shape index (κ3) is 1.48. The molecule has 5 heteroatoms. The van der Waals surface area contributed by atoms with Crippen LogP contribution < -0.4 is 0 Å². The molecule has 2 heterocycles. The molecule has 1 aromatic carbocycles. The molecule has 0 aliphatic rings. The van der Waals surface area contributed by atoms with Gasteiger partial charge >= 0.3 is 0 Å². The number of rotatable bonds is 1. The van der Waals surface area contributed by atoms with Crippen molar-refractivity contribution < 1.29 is 0 Å². The number of hydrogen-bond acceptors (Lipinski definition) is 5. The summed E-state index contributed by atoms with van der Waals surface area (Å²) in [5.74, 6) is 0.564. The van der Waals surface area contributed by atoms with Crippen LogP contribution >= 0.6 is 0 Å². The largest absolute Gasteiger partial charge is 0.225 e. The van der Waals surface area contributed by atoms with E-state index in [-0.39, 0.29) is 0 Å². The molecule has 0 saturated carbocycles. The van der Waals surface area contributed by atoms with Gasteiger partial charge in [-0.25, -0.2) is 4.98 Å². The van der Waals surface area contributed by atoms with Gasteiger partial charge in [-0.15, -0.1) is 10.2 Å². The molecule has 0 unspecified atom stereocenters. The van der Waals surface area contributed by atoms with E-state index >= 15 is 0 Å². The summed E-state index contributed by atoms with van der Waals surface area (Å²) in [6.07, 6.45) is 3.22. The summed E-state index contributed by atoms with van der Waals surface area (Å²) in [6.45, 7) is 0. The molecule has 5 nitrogen and oxygen atoms in total. The van der Waals surface area contributed by atoms with Crippen molar-refractivity contribution in [2.75, 3.05) is 0 Å². The van der Waals surface area contributed by atoms with Crippen molar-refractivity contribution in [1.82, 2.24) is 25.4 Å². The van der Waals surface area contributed by atoms with Crippen molar-refractivity contribution in [2.45, 2.75) is 0 Å². The number of aromatic nitrogens is 5. The lowest BCUT2D eigenvalue weighted by Gasteiger charge is -1.99. The van der Waals surface area contributed by atoms with Crippen molar-refractivity contribution >= 4 is 11.0 Å². The SMILES string of the molecule is c1ccc2nc(-c3ccnnc3)nnc2c1. The summed E-state index contributed by atoms with van der Waals surface area (Å²) in [4.78, 5) is 4.40. The van der Waals surface area contributed by atoms with E-state index in [0.29, 0.717) is 5.82 Å². The standard InChI is InChI=1S/C11H7N5/c1-2-4-10-9(3-1)14-11(16-15-10)8-5-6-12-13-7-8/h1-7H. The Hall–Kier alpha value is -2.43. The van der Waals surface area contributed by atoms with Crippen molar-refractivity contribution in [2.24, 2.45) is 0 Å². The molecule has 0 N–H and O–H groups in total. The Morgan fingerprint density at radius 2 is 1.69 bits per heavy atom. The van der Waals surface area contributed by atoms with Gasteiger partial charge < -0.3 is 0 Å². The van der Waals surface area contributed by atoms with Crippen molar-refractivity contribution in [3.63, 3.8) is 0 Å². The van der Waals surface area contributed by atoms with Gasteiger partial charge in [-0.2, -0.15) is 10.2 Å². The molecule has 0 amide bonds. The Kier molecular flexibility index (Phi) is 2.00. The molecule has 3 aromatic rings. The zero-order valence-corrected chi connectivity index (χ0v) is 8.28. The molecular weight excluding hydrogens is 202 g/mol. The van der Waals surface area contributed by atoms with E-state index < -0.39 is 0 Å². The number of hydrogen-bond donors (Lipinski definition) is 0. The Balaban J connectivity index is 2.19. The molecule has 0 spiro atoms. The Morgan fingerprint density at radius 3 is 2.50 bits per heavy atom. The highest BCUT2D eigenvalue weighted by molar-refractivity contribution is 5.75. The summed E-state index contributed by atoms with van der Waals surface area (Å²) in [5, 5.41) is 15.6. The minimum absolute atomic E-state index is 0.564. The maximum atomic E-state index is 4.40. The lowest BCUT2D eigenvalue weighted by molar-refractivity contribution is 1.00. The number of para-hydroxylation sites is 1. The lowest BCUT2D eigenvalue weighted by Crippen LogP contribution is -1.94. The molecular formula is C11H7N5. The zero-order chi connectivity index (χ0) is 10.8. The first kappa shape index (κ1) is 8.84. The second-order valence-corrected chi connectivity index (χ2v) is 3.26. The van der Waals surface area contributed by atoms with E-state index in [1.807, 2.05) is 24.3 Å². The molecule has 76 valence electrons. The summed E-state index contributed by atoms with van der Waals surface area (Å²) >= 11 is 0. The van der Waals surface area contributed by atoms with Crippen LogP contribution in [0.4, 0.5) is 0 Å². The molecule has 0 radical (unpaired) electrons. The first-order chi connectivity index (χ1) is 7.93. The van der Waals surface area contributed by atoms with Gasteiger partial charge in [-0.1, -0.05) is 12.1 Å². The fourth-order valence-electron chi connectivity index (χ4n) is 1.43. The Morgan fingerprint density at radius 1 is 0.812 bits per heavy atom. The van der Waals surface area contributed by atoms with Crippen molar-refractivity contribution in [3.05, 3.63) is 42.7 Å². The average Bonchev–Trinajstić information content (AvgIpc) is 2.39. The minimum Gasteiger partial charge on any atom is -0.225 e. The minimum atomic E-state index is 0.564. The zero-order valence-electron chi connectivity index (χ0n) is 8.28. The quantitative estimate of drug-likeness (QED) is 0.607. The molecule has 0 atom stereocenters. The van der Waals surface area contributed by atoms with Crippen LogP contribution in [-0.2, 0) is 0 Å². The highest BCUT2D eigenvalue weighted by Gasteiger charge is 2.03. The number of fused-ring (bicyclic) bond motifs is 1. The van der Waals surface area contributed by atoms with Crippen LogP contribution in [0.15, 0.2) is 42.7 Å². The topological polar surface area (TPSA) is 64.5 Å². The lowest BCUT2D eigenvalue weighted by atomic mass is 10.3. The Labute approximate surface area is 91.2 Å². The van der Waals surface area contributed by atoms with E-state index in [1.54, 1.807) is 18.5 Å². The maximum absolute atomic E-state index is 4.40. The third-order valence-electron chi connectivity index (χ3n) is 2.20. The third-order valence-corrected chi connectivity index (χ3v) is 2.20. The molecule has 0 aliphatic carbocycles. The van der Waals surface area contributed by atoms with Crippen LogP contribution in [0.1, 0.15) is 0 Å². The van der Waals surface area contributed by atoms with E-state index in [9.17, 15) is 0 Å². The van der Waals surface area contributed by atoms with E-state index in [2.05, 4.69) is 25.4 Å². The van der Waals surface area contributed by atoms with Gasteiger partial charge in [0.1, 0.15) is 5.52 Å². The molecule has 0 bridgehead atoms. The first-order valence-electron chi connectivity index (χ1n) is 4.80. The van der Waals surface area contributed by atoms with Gasteiger partial charge in [0, 0.05) is 5.56 Å². The predicted octanol–water partition coefficient (Wildman–Crippen LogP) is 1.48. The van der Waals surface area contributed by atoms with Gasteiger partial charge in [-0.05, 0) is 18.2 Å². The predicted molar refractivity (Wildman–Crippen MR) is 58.4 cm³/mol. The molecule has 3 rings (SSSR count). The van der Waals surface area contributed by atoms with Crippen LogP contribution in [0.2, 0.25) is 0 Å². The van der Waals surface area contributed by atoms with Gasteiger partial charge in [0.25, 0.3) is 0 Å². The van der Waals surface area contributed by atoms with Crippen LogP contribution in [0.25, 0.3) is 22.4 Å². The van der Waals surface area contributed by atoms with E-state index in [0.717, 1.165) is 16.6 Å². The second-order valence-electron chi connectivity index (χ2n) is 3.26. The highest BCUT2D eigenvalue weighted by Crippen LogP contribution is 2.14. The van der Waals surface area contributed by atoms with Crippen molar-refractivity contribution in [1.29, 1.82) is 0 Å². The van der Waals surface area contributed by atoms with Gasteiger partial charge in [0.2, 0.25) is 0 Å².